The number of halogens is 5. The summed E-state index contributed by atoms with van der Waals surface area (Å²) in [4.78, 5) is 53.8. The summed E-state index contributed by atoms with van der Waals surface area (Å²) in [7, 11) is 0. The Balaban J connectivity index is 1.56. The fourth-order valence-electron chi connectivity index (χ4n) is 3.87. The summed E-state index contributed by atoms with van der Waals surface area (Å²) >= 11 is 11.6. The third-order valence-electron chi connectivity index (χ3n) is 5.50. The minimum absolute atomic E-state index is 0.0323. The largest absolute Gasteiger partial charge is 0.414 e. The Morgan fingerprint density at radius 1 is 1.21 bits per heavy atom. The molecule has 2 unspecified atom stereocenters. The van der Waals surface area contributed by atoms with Gasteiger partial charge in [-0.2, -0.15) is 13.2 Å². The lowest BCUT2D eigenvalue weighted by atomic mass is 10.0. The number of carbonyl (C=O) groups is 4. The van der Waals surface area contributed by atoms with Gasteiger partial charge in [-0.15, -0.1) is 0 Å². The van der Waals surface area contributed by atoms with Crippen LogP contribution in [0.1, 0.15) is 50.9 Å². The molecule has 178 valence electrons. The van der Waals surface area contributed by atoms with Crippen molar-refractivity contribution in [3.63, 3.8) is 0 Å². The van der Waals surface area contributed by atoms with Crippen LogP contribution < -0.4 is 10.6 Å². The molecule has 0 spiro atoms. The van der Waals surface area contributed by atoms with Crippen molar-refractivity contribution in [2.24, 2.45) is 0 Å². The molecule has 2 N–H and O–H groups in total. The molecule has 1 fully saturated rings. The first-order chi connectivity index (χ1) is 16.0. The molecular formula is C21H15Cl2F3N4O4. The normalized spacial score (nSPS) is 19.0. The zero-order chi connectivity index (χ0) is 24.8. The zero-order valence-electron chi connectivity index (χ0n) is 17.1. The number of piperidine rings is 1. The highest BCUT2D eigenvalue weighted by molar-refractivity contribution is 6.34. The lowest BCUT2D eigenvalue weighted by molar-refractivity contribution is -0.156. The number of nitrogens with zero attached hydrogens (tertiary/aromatic N) is 2. The van der Waals surface area contributed by atoms with Crippen LogP contribution in [0, 0.1) is 0 Å². The van der Waals surface area contributed by atoms with E-state index in [1.54, 1.807) is 0 Å². The van der Waals surface area contributed by atoms with E-state index in [0.29, 0.717) is 5.56 Å². The standard InChI is InChI=1S/C21H15Cl2F3N4O4/c22-11-6-13(23)16(27-7-11)17(21(24,25)26)29-18(32)9-1-2-12-10(5-9)8-30(20(12)34)14-3-4-15(31)28-19(14)33/h1-2,5-7,14,17H,3-4,8H2,(H,29,32)(H,28,31,33). The summed E-state index contributed by atoms with van der Waals surface area (Å²) in [6, 6.07) is 1.54. The maximum atomic E-state index is 13.7. The Kier molecular flexibility index (Phi) is 6.26. The van der Waals surface area contributed by atoms with E-state index in [2.05, 4.69) is 10.3 Å². The Morgan fingerprint density at radius 3 is 2.59 bits per heavy atom. The topological polar surface area (TPSA) is 108 Å². The summed E-state index contributed by atoms with van der Waals surface area (Å²) in [6.07, 6.45) is -3.70. The highest BCUT2D eigenvalue weighted by Crippen LogP contribution is 2.36. The van der Waals surface area contributed by atoms with Gasteiger partial charge in [0.05, 0.1) is 15.7 Å². The van der Waals surface area contributed by atoms with Crippen molar-refractivity contribution >= 4 is 46.8 Å². The van der Waals surface area contributed by atoms with Gasteiger partial charge >= 0.3 is 6.18 Å². The van der Waals surface area contributed by atoms with E-state index >= 15 is 0 Å². The third-order valence-corrected chi connectivity index (χ3v) is 6.01. The van der Waals surface area contributed by atoms with Crippen LogP contribution in [0.3, 0.4) is 0 Å². The lowest BCUT2D eigenvalue weighted by Gasteiger charge is -2.29. The Bertz CT molecular complexity index is 1220. The number of rotatable bonds is 4. The van der Waals surface area contributed by atoms with Gasteiger partial charge in [0.15, 0.2) is 6.04 Å². The number of benzene rings is 1. The molecule has 1 saturated heterocycles. The quantitative estimate of drug-likeness (QED) is 0.609. The first kappa shape index (κ1) is 24.0. The van der Waals surface area contributed by atoms with Gasteiger partial charge in [-0.05, 0) is 36.2 Å². The van der Waals surface area contributed by atoms with Crippen LogP contribution in [0.5, 0.6) is 0 Å². The predicted molar refractivity (Wildman–Crippen MR) is 113 cm³/mol. The molecule has 2 aromatic rings. The van der Waals surface area contributed by atoms with E-state index in [4.69, 9.17) is 23.2 Å². The van der Waals surface area contributed by atoms with Crippen LogP contribution in [-0.2, 0) is 16.1 Å². The number of amides is 4. The minimum Gasteiger partial charge on any atom is -0.335 e. The summed E-state index contributed by atoms with van der Waals surface area (Å²) in [5, 5.41) is 3.73. The molecule has 2 aliphatic rings. The van der Waals surface area contributed by atoms with Gasteiger partial charge in [0.25, 0.3) is 11.8 Å². The van der Waals surface area contributed by atoms with Crippen LogP contribution in [-0.4, -0.2) is 45.7 Å². The summed E-state index contributed by atoms with van der Waals surface area (Å²) in [5.74, 6) is -2.57. The molecule has 0 aliphatic carbocycles. The van der Waals surface area contributed by atoms with Gasteiger partial charge in [-0.25, -0.2) is 0 Å². The van der Waals surface area contributed by atoms with Gasteiger partial charge in [0.2, 0.25) is 11.8 Å². The number of aromatic nitrogens is 1. The Morgan fingerprint density at radius 2 is 1.94 bits per heavy atom. The maximum Gasteiger partial charge on any atom is 0.414 e. The number of nitrogens with one attached hydrogen (secondary N) is 2. The van der Waals surface area contributed by atoms with Gasteiger partial charge in [0.1, 0.15) is 6.04 Å². The fourth-order valence-corrected chi connectivity index (χ4v) is 4.36. The molecule has 1 aromatic heterocycles. The van der Waals surface area contributed by atoms with Crippen LogP contribution in [0.15, 0.2) is 30.5 Å². The van der Waals surface area contributed by atoms with Gasteiger partial charge in [0, 0.05) is 30.3 Å². The van der Waals surface area contributed by atoms with Crippen molar-refractivity contribution in [1.29, 1.82) is 0 Å². The van der Waals surface area contributed by atoms with Crippen LogP contribution in [0.2, 0.25) is 10.0 Å². The molecule has 2 atom stereocenters. The molecule has 0 radical (unpaired) electrons. The average molecular weight is 515 g/mol. The summed E-state index contributed by atoms with van der Waals surface area (Å²) in [6.45, 7) is -0.0329. The molecule has 1 aromatic carbocycles. The van der Waals surface area contributed by atoms with Crippen LogP contribution in [0.25, 0.3) is 0 Å². The number of hydrogen-bond acceptors (Lipinski definition) is 5. The zero-order valence-corrected chi connectivity index (χ0v) is 18.6. The molecule has 4 rings (SSSR count). The van der Waals surface area contributed by atoms with Gasteiger partial charge in [-0.1, -0.05) is 23.2 Å². The highest BCUT2D eigenvalue weighted by Gasteiger charge is 2.44. The Labute approximate surface area is 200 Å². The minimum atomic E-state index is -4.91. The smallest absolute Gasteiger partial charge is 0.335 e. The number of alkyl halides is 3. The summed E-state index contributed by atoms with van der Waals surface area (Å²) in [5.41, 5.74) is -0.159. The summed E-state index contributed by atoms with van der Waals surface area (Å²) < 4.78 is 41.1. The molecule has 3 heterocycles. The Hall–Kier alpha value is -3.18. The van der Waals surface area contributed by atoms with Crippen LogP contribution in [0.4, 0.5) is 13.2 Å². The van der Waals surface area contributed by atoms with Crippen molar-refractivity contribution in [2.75, 3.05) is 0 Å². The SMILES string of the molecule is O=C1CCC(N2Cc3cc(C(=O)NC(c4ncc(Cl)cc4Cl)C(F)(F)F)ccc3C2=O)C(=O)N1. The molecular weight excluding hydrogens is 500 g/mol. The van der Waals surface area contributed by atoms with Crippen molar-refractivity contribution in [3.05, 3.63) is 62.9 Å². The molecule has 4 amide bonds. The van der Waals surface area contributed by atoms with E-state index in [9.17, 15) is 32.3 Å². The molecule has 0 saturated carbocycles. The second kappa shape index (κ2) is 8.88. The number of pyridine rings is 1. The number of hydrogen-bond donors (Lipinski definition) is 2. The predicted octanol–water partition coefficient (Wildman–Crippen LogP) is 3.18. The maximum absolute atomic E-state index is 13.7. The third kappa shape index (κ3) is 4.58. The monoisotopic (exact) mass is 514 g/mol. The second-order valence-electron chi connectivity index (χ2n) is 7.74. The van der Waals surface area contributed by atoms with Gasteiger partial charge < -0.3 is 10.2 Å². The van der Waals surface area contributed by atoms with Gasteiger partial charge in [-0.3, -0.25) is 29.5 Å². The number of carbonyl (C=O) groups excluding carboxylic acids is 4. The second-order valence-corrected chi connectivity index (χ2v) is 8.58. The van der Waals surface area contributed by atoms with Crippen molar-refractivity contribution in [3.8, 4) is 0 Å². The van der Waals surface area contributed by atoms with E-state index in [-0.39, 0.29) is 40.6 Å². The number of fused-ring (bicyclic) bond motifs is 1. The molecule has 13 heteroatoms. The number of imide groups is 1. The van der Waals surface area contributed by atoms with E-state index < -0.39 is 47.6 Å². The van der Waals surface area contributed by atoms with Crippen molar-refractivity contribution < 1.29 is 32.3 Å². The molecule has 0 bridgehead atoms. The average Bonchev–Trinajstić information content (AvgIpc) is 3.07. The highest BCUT2D eigenvalue weighted by atomic mass is 35.5. The van der Waals surface area contributed by atoms with E-state index in [1.165, 1.54) is 23.1 Å². The first-order valence-electron chi connectivity index (χ1n) is 9.92. The van der Waals surface area contributed by atoms with Crippen molar-refractivity contribution in [1.82, 2.24) is 20.5 Å². The molecule has 2 aliphatic heterocycles. The van der Waals surface area contributed by atoms with E-state index in [1.807, 2.05) is 5.32 Å². The first-order valence-corrected chi connectivity index (χ1v) is 10.7. The van der Waals surface area contributed by atoms with Crippen molar-refractivity contribution in [2.45, 2.75) is 37.6 Å². The van der Waals surface area contributed by atoms with E-state index in [0.717, 1.165) is 12.3 Å². The molecule has 34 heavy (non-hydrogen) atoms. The fraction of sp³-hybridized carbons (Fsp3) is 0.286. The lowest BCUT2D eigenvalue weighted by Crippen LogP contribution is -2.52. The molecule has 8 nitrogen and oxygen atoms in total. The van der Waals surface area contributed by atoms with Crippen LogP contribution >= 0.6 is 23.2 Å².